The van der Waals surface area contributed by atoms with Crippen molar-refractivity contribution < 1.29 is 47.6 Å². The van der Waals surface area contributed by atoms with Gasteiger partial charge in [-0.3, -0.25) is 19.2 Å². The lowest BCUT2D eigenvalue weighted by atomic mass is 9.88. The van der Waals surface area contributed by atoms with Crippen LogP contribution < -0.4 is 9.47 Å². The van der Waals surface area contributed by atoms with Crippen molar-refractivity contribution in [2.24, 2.45) is 0 Å². The number of methoxy groups -OCH3 is 1. The fraction of sp³-hybridized carbons (Fsp3) is 0.407. The maximum atomic E-state index is 12.1. The molecule has 0 aromatic heterocycles. The lowest BCUT2D eigenvalue weighted by Gasteiger charge is -2.44. The molecule has 2 aromatic rings. The van der Waals surface area contributed by atoms with Crippen molar-refractivity contribution in [3.63, 3.8) is 0 Å². The number of ether oxygens (including phenoxy) is 6. The van der Waals surface area contributed by atoms with E-state index in [1.54, 1.807) is 43.3 Å². The number of esters is 4. The predicted molar refractivity (Wildman–Crippen MR) is 130 cm³/mol. The van der Waals surface area contributed by atoms with E-state index >= 15 is 0 Å². The van der Waals surface area contributed by atoms with E-state index in [2.05, 4.69) is 0 Å². The van der Waals surface area contributed by atoms with Gasteiger partial charge in [0.1, 0.15) is 17.6 Å². The summed E-state index contributed by atoms with van der Waals surface area (Å²) in [7, 11) is 1.49. The highest BCUT2D eigenvalue weighted by Gasteiger charge is 2.51. The summed E-state index contributed by atoms with van der Waals surface area (Å²) in [6.45, 7) is 6.65. The Morgan fingerprint density at radius 3 is 1.84 bits per heavy atom. The highest BCUT2D eigenvalue weighted by molar-refractivity contribution is 5.74. The van der Waals surface area contributed by atoms with Gasteiger partial charge in [-0.15, -0.1) is 0 Å². The zero-order chi connectivity index (χ0) is 27.3. The topological polar surface area (TPSA) is 124 Å². The number of hydrogen-bond donors (Lipinski definition) is 0. The van der Waals surface area contributed by atoms with Gasteiger partial charge in [0.05, 0.1) is 13.2 Å². The molecule has 37 heavy (non-hydrogen) atoms. The van der Waals surface area contributed by atoms with Crippen LogP contribution in [0.1, 0.15) is 46.3 Å². The number of benzene rings is 2. The molecular weight excluding hydrogens is 484 g/mol. The minimum Gasteiger partial charge on any atom is -0.496 e. The number of hydrogen-bond acceptors (Lipinski definition) is 10. The molecule has 0 spiro atoms. The van der Waals surface area contributed by atoms with Gasteiger partial charge in [-0.1, -0.05) is 30.3 Å². The van der Waals surface area contributed by atoms with E-state index in [1.165, 1.54) is 34.8 Å². The second kappa shape index (κ2) is 11.9. The molecule has 1 fully saturated rings. The smallest absolute Gasteiger partial charge is 0.308 e. The first kappa shape index (κ1) is 27.7. The van der Waals surface area contributed by atoms with E-state index in [4.69, 9.17) is 28.4 Å². The van der Waals surface area contributed by atoms with Gasteiger partial charge in [0.2, 0.25) is 0 Å². The third-order valence-electron chi connectivity index (χ3n) is 5.66. The molecule has 0 N–H and O–H groups in total. The van der Waals surface area contributed by atoms with E-state index in [0.717, 1.165) is 5.56 Å². The Bertz CT molecular complexity index is 1160. The summed E-state index contributed by atoms with van der Waals surface area (Å²) in [5.41, 5.74) is 1.98. The molecule has 1 aliphatic rings. The van der Waals surface area contributed by atoms with Crippen LogP contribution in [-0.2, 0) is 38.1 Å². The molecule has 0 aliphatic carbocycles. The van der Waals surface area contributed by atoms with Crippen LogP contribution in [0.4, 0.5) is 0 Å². The first-order valence-corrected chi connectivity index (χ1v) is 11.6. The van der Waals surface area contributed by atoms with Crippen LogP contribution in [0.5, 0.6) is 11.5 Å². The van der Waals surface area contributed by atoms with Crippen molar-refractivity contribution in [2.45, 2.75) is 65.1 Å². The predicted octanol–water partition coefficient (Wildman–Crippen LogP) is 3.54. The molecule has 2 aromatic carbocycles. The quantitative estimate of drug-likeness (QED) is 0.308. The molecule has 10 heteroatoms. The van der Waals surface area contributed by atoms with Gasteiger partial charge in [-0.25, -0.2) is 0 Å². The van der Waals surface area contributed by atoms with Crippen molar-refractivity contribution in [1.82, 2.24) is 0 Å². The standard InChI is InChI=1S/C27H30O10/c1-14-23(35-16(3)29)26(36-17(4)30)27(37-18(5)31)25(33-14)22-9-7-8-21(24(22)32-6)19-10-12-20(13-11-19)34-15(2)28/h7-14,23,25-27H,1-6H3/t14-,23+,25+,26+,27+/m0/s1. The minimum absolute atomic E-state index is 0.395. The first-order chi connectivity index (χ1) is 17.5. The second-order valence-electron chi connectivity index (χ2n) is 8.53. The number of para-hydroxylation sites is 1. The van der Waals surface area contributed by atoms with Crippen molar-refractivity contribution >= 4 is 23.9 Å². The summed E-state index contributed by atoms with van der Waals surface area (Å²) < 4.78 is 33.6. The average molecular weight is 515 g/mol. The maximum absolute atomic E-state index is 12.1. The van der Waals surface area contributed by atoms with Gasteiger partial charge in [0, 0.05) is 38.8 Å². The molecule has 0 radical (unpaired) electrons. The van der Waals surface area contributed by atoms with E-state index < -0.39 is 54.4 Å². The van der Waals surface area contributed by atoms with Crippen molar-refractivity contribution in [3.05, 3.63) is 48.0 Å². The van der Waals surface area contributed by atoms with E-state index in [9.17, 15) is 19.2 Å². The van der Waals surface area contributed by atoms with Crippen LogP contribution in [-0.4, -0.2) is 55.4 Å². The molecule has 1 saturated heterocycles. The fourth-order valence-electron chi connectivity index (χ4n) is 4.37. The molecule has 0 amide bonds. The zero-order valence-electron chi connectivity index (χ0n) is 21.5. The van der Waals surface area contributed by atoms with Gasteiger partial charge in [-0.2, -0.15) is 0 Å². The van der Waals surface area contributed by atoms with Gasteiger partial charge in [-0.05, 0) is 24.6 Å². The maximum Gasteiger partial charge on any atom is 0.308 e. The summed E-state index contributed by atoms with van der Waals surface area (Å²) in [6.07, 6.45) is -4.93. The van der Waals surface area contributed by atoms with E-state index in [0.29, 0.717) is 22.6 Å². The molecular formula is C27H30O10. The normalized spacial score (nSPS) is 22.9. The lowest BCUT2D eigenvalue weighted by Crippen LogP contribution is -2.57. The largest absolute Gasteiger partial charge is 0.496 e. The number of carbonyl (C=O) groups excluding carboxylic acids is 4. The molecule has 0 saturated carbocycles. The molecule has 10 nitrogen and oxygen atoms in total. The highest BCUT2D eigenvalue weighted by Crippen LogP contribution is 2.44. The van der Waals surface area contributed by atoms with Gasteiger partial charge >= 0.3 is 23.9 Å². The monoisotopic (exact) mass is 514 g/mol. The Morgan fingerprint density at radius 1 is 0.730 bits per heavy atom. The van der Waals surface area contributed by atoms with Crippen molar-refractivity contribution in [1.29, 1.82) is 0 Å². The van der Waals surface area contributed by atoms with Crippen LogP contribution in [0.15, 0.2) is 42.5 Å². The number of rotatable bonds is 7. The first-order valence-electron chi connectivity index (χ1n) is 11.6. The summed E-state index contributed by atoms with van der Waals surface area (Å²) in [5, 5.41) is 0. The molecule has 0 bridgehead atoms. The molecule has 198 valence electrons. The summed E-state index contributed by atoms with van der Waals surface area (Å²) >= 11 is 0. The van der Waals surface area contributed by atoms with Gasteiger partial charge in [0.25, 0.3) is 0 Å². The van der Waals surface area contributed by atoms with Crippen molar-refractivity contribution in [3.8, 4) is 22.6 Å². The second-order valence-corrected chi connectivity index (χ2v) is 8.53. The van der Waals surface area contributed by atoms with Gasteiger partial charge in [0.15, 0.2) is 18.3 Å². The van der Waals surface area contributed by atoms with Crippen LogP contribution in [0.2, 0.25) is 0 Å². The van der Waals surface area contributed by atoms with E-state index in [1.807, 2.05) is 6.07 Å². The fourth-order valence-corrected chi connectivity index (χ4v) is 4.37. The molecule has 1 aliphatic heterocycles. The lowest BCUT2D eigenvalue weighted by molar-refractivity contribution is -0.245. The minimum atomic E-state index is -1.14. The molecule has 0 unspecified atom stereocenters. The van der Waals surface area contributed by atoms with Crippen molar-refractivity contribution in [2.75, 3.05) is 7.11 Å². The van der Waals surface area contributed by atoms with Crippen LogP contribution in [0.3, 0.4) is 0 Å². The Kier molecular flexibility index (Phi) is 8.88. The average Bonchev–Trinajstić information content (AvgIpc) is 2.82. The summed E-state index contributed by atoms with van der Waals surface area (Å²) in [5.74, 6) is -1.48. The Balaban J connectivity index is 2.09. The van der Waals surface area contributed by atoms with E-state index in [-0.39, 0.29) is 0 Å². The Morgan fingerprint density at radius 2 is 1.30 bits per heavy atom. The Labute approximate surface area is 214 Å². The third-order valence-corrected chi connectivity index (χ3v) is 5.66. The Hall–Kier alpha value is -3.92. The third kappa shape index (κ3) is 6.65. The van der Waals surface area contributed by atoms with Crippen LogP contribution in [0.25, 0.3) is 11.1 Å². The number of carbonyl (C=O) groups is 4. The summed E-state index contributed by atoms with van der Waals surface area (Å²) in [6, 6.07) is 12.2. The molecule has 3 rings (SSSR count). The summed E-state index contributed by atoms with van der Waals surface area (Å²) in [4.78, 5) is 47.1. The SMILES string of the molecule is COc1c(-c2ccc(OC(C)=O)cc2)cccc1[C@H]1O[C@@H](C)[C@@H](OC(C)=O)[C@@H](OC(C)=O)[C@@H]1OC(C)=O. The molecule has 1 heterocycles. The zero-order valence-corrected chi connectivity index (χ0v) is 21.5. The highest BCUT2D eigenvalue weighted by atomic mass is 16.6. The van der Waals surface area contributed by atoms with Gasteiger partial charge < -0.3 is 28.4 Å². The van der Waals surface area contributed by atoms with Crippen LogP contribution in [0, 0.1) is 0 Å². The molecule has 5 atom stereocenters. The van der Waals surface area contributed by atoms with Crippen LogP contribution >= 0.6 is 0 Å².